The Kier molecular flexibility index (Phi) is 6.01. The van der Waals surface area contributed by atoms with Crippen LogP contribution in [0.2, 0.25) is 0 Å². The number of carbonyl (C=O) groups excluding carboxylic acids is 1. The number of ether oxygens (including phenoxy) is 1. The van der Waals surface area contributed by atoms with Crippen LogP contribution in [0, 0.1) is 36.0 Å². The van der Waals surface area contributed by atoms with Crippen molar-refractivity contribution in [2.24, 2.45) is 0 Å². The van der Waals surface area contributed by atoms with E-state index in [2.05, 4.69) is 0 Å². The number of likely N-dealkylation sites (N-methyl/N-ethyl adjacent to an activating group) is 1. The monoisotopic (exact) mass is 374 g/mol. The number of hydrogen-bond acceptors (Lipinski definition) is 2. The lowest BCUT2D eigenvalue weighted by Gasteiger charge is -2.19. The zero-order valence-corrected chi connectivity index (χ0v) is 13.9. The third-order valence-corrected chi connectivity index (χ3v) is 3.50. The van der Waals surface area contributed by atoms with Gasteiger partial charge in [0.15, 0.2) is 23.3 Å². The van der Waals surface area contributed by atoms with Crippen molar-refractivity contribution in [1.82, 2.24) is 4.90 Å². The summed E-state index contributed by atoms with van der Waals surface area (Å²) in [7, 11) is 1.28. The van der Waals surface area contributed by atoms with Crippen molar-refractivity contribution in [3.05, 3.63) is 58.9 Å². The fourth-order valence-corrected chi connectivity index (χ4v) is 1.95. The third-order valence-electron chi connectivity index (χ3n) is 3.50. The molecule has 0 aliphatic carbocycles. The van der Waals surface area contributed by atoms with Gasteiger partial charge in [-0.1, -0.05) is 17.7 Å². The lowest BCUT2D eigenvalue weighted by Crippen LogP contribution is -2.35. The van der Waals surface area contributed by atoms with Crippen LogP contribution in [0.4, 0.5) is 32.4 Å². The molecule has 0 saturated carbocycles. The van der Waals surface area contributed by atoms with Crippen LogP contribution in [0.15, 0.2) is 24.3 Å². The molecular weight excluding hydrogens is 359 g/mol. The van der Waals surface area contributed by atoms with E-state index in [1.807, 2.05) is 19.1 Å². The fraction of sp³-hybridized carbons (Fsp3) is 0.235. The lowest BCUT2D eigenvalue weighted by atomic mass is 10.2. The SMILES string of the molecule is Cc1ccc(OCCN(C)C(=O)Nc2c(F)c(F)c(F)c(F)c2F)cc1. The van der Waals surface area contributed by atoms with Crippen LogP contribution in [0.5, 0.6) is 5.75 Å². The topological polar surface area (TPSA) is 41.6 Å². The lowest BCUT2D eigenvalue weighted by molar-refractivity contribution is 0.207. The number of rotatable bonds is 5. The van der Waals surface area contributed by atoms with Crippen LogP contribution in [0.25, 0.3) is 0 Å². The number of anilines is 1. The predicted molar refractivity (Wildman–Crippen MR) is 84.6 cm³/mol. The number of aryl methyl sites for hydroxylation is 1. The molecule has 0 unspecified atom stereocenters. The van der Waals surface area contributed by atoms with E-state index in [9.17, 15) is 26.7 Å². The highest BCUT2D eigenvalue weighted by atomic mass is 19.2. The standard InChI is InChI=1S/C17H15F5N2O2/c1-9-3-5-10(6-4-9)26-8-7-24(2)17(25)23-16-14(21)12(19)11(18)13(20)15(16)22/h3-6H,7-8H2,1-2H3,(H,23,25). The quantitative estimate of drug-likeness (QED) is 0.483. The van der Waals surface area contributed by atoms with E-state index in [0.29, 0.717) is 5.75 Å². The zero-order valence-electron chi connectivity index (χ0n) is 13.9. The number of benzene rings is 2. The minimum absolute atomic E-state index is 0.00903. The highest BCUT2D eigenvalue weighted by Crippen LogP contribution is 2.27. The summed E-state index contributed by atoms with van der Waals surface area (Å²) in [5, 5.41) is 1.68. The predicted octanol–water partition coefficient (Wildman–Crippen LogP) is 4.23. The number of nitrogens with zero attached hydrogens (tertiary/aromatic N) is 1. The summed E-state index contributed by atoms with van der Waals surface area (Å²) in [5.74, 6) is -10.2. The van der Waals surface area contributed by atoms with Gasteiger partial charge in [-0.3, -0.25) is 0 Å². The molecule has 0 spiro atoms. The van der Waals surface area contributed by atoms with Gasteiger partial charge in [-0.25, -0.2) is 26.7 Å². The molecule has 2 aromatic rings. The Labute approximate surface area is 146 Å². The van der Waals surface area contributed by atoms with Gasteiger partial charge < -0.3 is 15.0 Å². The van der Waals surface area contributed by atoms with Crippen molar-refractivity contribution in [2.45, 2.75) is 6.92 Å². The van der Waals surface area contributed by atoms with Crippen LogP contribution in [0.1, 0.15) is 5.56 Å². The third kappa shape index (κ3) is 4.22. The largest absolute Gasteiger partial charge is 0.492 e. The van der Waals surface area contributed by atoms with E-state index in [-0.39, 0.29) is 13.2 Å². The summed E-state index contributed by atoms with van der Waals surface area (Å²) in [4.78, 5) is 12.9. The highest BCUT2D eigenvalue weighted by molar-refractivity contribution is 5.89. The van der Waals surface area contributed by atoms with E-state index in [1.165, 1.54) is 7.05 Å². The van der Waals surface area contributed by atoms with Crippen molar-refractivity contribution < 1.29 is 31.5 Å². The molecule has 0 fully saturated rings. The maximum absolute atomic E-state index is 13.6. The van der Waals surface area contributed by atoms with Crippen molar-refractivity contribution in [3.63, 3.8) is 0 Å². The van der Waals surface area contributed by atoms with E-state index < -0.39 is 40.8 Å². The van der Waals surface area contributed by atoms with E-state index >= 15 is 0 Å². The molecule has 9 heteroatoms. The smallest absolute Gasteiger partial charge is 0.321 e. The Hall–Kier alpha value is -2.84. The molecule has 0 saturated heterocycles. The minimum Gasteiger partial charge on any atom is -0.492 e. The second-order valence-corrected chi connectivity index (χ2v) is 5.46. The van der Waals surface area contributed by atoms with Crippen LogP contribution in [0.3, 0.4) is 0 Å². The number of urea groups is 1. The highest BCUT2D eigenvalue weighted by Gasteiger charge is 2.27. The molecule has 0 radical (unpaired) electrons. The van der Waals surface area contributed by atoms with E-state index in [1.54, 1.807) is 17.4 Å². The molecular formula is C17H15F5N2O2. The van der Waals surface area contributed by atoms with Gasteiger partial charge in [0.25, 0.3) is 0 Å². The summed E-state index contributed by atoms with van der Waals surface area (Å²) in [6.45, 7) is 1.97. The molecule has 0 atom stereocenters. The first kappa shape index (κ1) is 19.5. The van der Waals surface area contributed by atoms with Crippen molar-refractivity contribution in [1.29, 1.82) is 0 Å². The number of hydrogen-bond donors (Lipinski definition) is 1. The summed E-state index contributed by atoms with van der Waals surface area (Å²) < 4.78 is 71.7. The average molecular weight is 374 g/mol. The summed E-state index contributed by atoms with van der Waals surface area (Å²) in [6, 6.07) is 6.05. The molecule has 0 heterocycles. The van der Waals surface area contributed by atoms with Crippen LogP contribution < -0.4 is 10.1 Å². The normalized spacial score (nSPS) is 10.6. The Balaban J connectivity index is 1.98. The second-order valence-electron chi connectivity index (χ2n) is 5.46. The van der Waals surface area contributed by atoms with Gasteiger partial charge in [0.1, 0.15) is 18.0 Å². The molecule has 1 N–H and O–H groups in total. The summed E-state index contributed by atoms with van der Waals surface area (Å²) in [6.07, 6.45) is 0. The zero-order chi connectivity index (χ0) is 19.4. The van der Waals surface area contributed by atoms with Gasteiger partial charge in [-0.2, -0.15) is 0 Å². The number of nitrogens with one attached hydrogen (secondary N) is 1. The van der Waals surface area contributed by atoms with Crippen LogP contribution in [-0.2, 0) is 0 Å². The molecule has 26 heavy (non-hydrogen) atoms. The summed E-state index contributed by atoms with van der Waals surface area (Å²) in [5.41, 5.74) is -0.366. The first-order valence-corrected chi connectivity index (χ1v) is 7.45. The van der Waals surface area contributed by atoms with E-state index in [0.717, 1.165) is 10.5 Å². The van der Waals surface area contributed by atoms with E-state index in [4.69, 9.17) is 4.74 Å². The second kappa shape index (κ2) is 8.03. The van der Waals surface area contributed by atoms with Gasteiger partial charge in [0.2, 0.25) is 5.82 Å². The minimum atomic E-state index is -2.29. The van der Waals surface area contributed by atoms with Crippen molar-refractivity contribution >= 4 is 11.7 Å². The molecule has 140 valence electrons. The van der Waals surface area contributed by atoms with Gasteiger partial charge >= 0.3 is 6.03 Å². The molecule has 0 bridgehead atoms. The molecule has 4 nitrogen and oxygen atoms in total. The Morgan fingerprint density at radius 2 is 1.46 bits per heavy atom. The Morgan fingerprint density at radius 3 is 2.00 bits per heavy atom. The van der Waals surface area contributed by atoms with Gasteiger partial charge in [-0.05, 0) is 19.1 Å². The van der Waals surface area contributed by atoms with Crippen LogP contribution in [-0.4, -0.2) is 31.1 Å². The van der Waals surface area contributed by atoms with Gasteiger partial charge in [0, 0.05) is 7.05 Å². The van der Waals surface area contributed by atoms with Crippen LogP contribution >= 0.6 is 0 Å². The first-order chi connectivity index (χ1) is 12.2. The Morgan fingerprint density at radius 1 is 0.962 bits per heavy atom. The molecule has 0 aromatic heterocycles. The average Bonchev–Trinajstić information content (AvgIpc) is 2.63. The number of halogens is 5. The van der Waals surface area contributed by atoms with Crippen molar-refractivity contribution in [3.8, 4) is 5.75 Å². The maximum atomic E-state index is 13.6. The Bertz CT molecular complexity index is 783. The number of carbonyl (C=O) groups is 1. The summed E-state index contributed by atoms with van der Waals surface area (Å²) >= 11 is 0. The molecule has 2 amide bonds. The van der Waals surface area contributed by atoms with Crippen molar-refractivity contribution in [2.75, 3.05) is 25.5 Å². The fourth-order valence-electron chi connectivity index (χ4n) is 1.95. The molecule has 0 aliphatic rings. The number of amides is 2. The van der Waals surface area contributed by atoms with Gasteiger partial charge in [-0.15, -0.1) is 0 Å². The molecule has 2 aromatic carbocycles. The van der Waals surface area contributed by atoms with Gasteiger partial charge in [0.05, 0.1) is 6.54 Å². The first-order valence-electron chi connectivity index (χ1n) is 7.45. The maximum Gasteiger partial charge on any atom is 0.321 e. The molecule has 0 aliphatic heterocycles. The molecule has 2 rings (SSSR count).